The highest BCUT2D eigenvalue weighted by atomic mass is 35.5. The first-order valence-electron chi connectivity index (χ1n) is 14.5. The monoisotopic (exact) mass is 719 g/mol. The van der Waals surface area contributed by atoms with Crippen LogP contribution in [-0.4, -0.2) is 43.8 Å². The van der Waals surface area contributed by atoms with Gasteiger partial charge >= 0.3 is 0 Å². The maximum absolute atomic E-state index is 14.6. The van der Waals surface area contributed by atoms with Crippen LogP contribution in [-0.2, 0) is 32.6 Å². The second kappa shape index (κ2) is 16.0. The molecule has 0 saturated heterocycles. The van der Waals surface area contributed by atoms with Gasteiger partial charge < -0.3 is 10.2 Å². The Hall–Kier alpha value is -3.27. The lowest BCUT2D eigenvalue weighted by molar-refractivity contribution is -0.140. The minimum atomic E-state index is -4.35. The third-order valence-corrected chi connectivity index (χ3v) is 10.8. The number of carbonyl (C=O) groups excluding carboxylic acids is 2. The Labute approximate surface area is 290 Å². The molecule has 1 N–H and O–H groups in total. The number of rotatable bonds is 13. The SMILES string of the molecule is CC[C@@H](C)NC(=O)[C@@H](Cc1ccccc1)N(Cc1c(Cl)cccc1Cl)C(=O)CN(c1cccc(Cl)c1Cl)S(=O)(=O)c1ccccc1. The van der Waals surface area contributed by atoms with Gasteiger partial charge in [0.15, 0.2) is 0 Å². The Morgan fingerprint density at radius 1 is 0.783 bits per heavy atom. The Balaban J connectivity index is 1.87. The number of amides is 2. The quantitative estimate of drug-likeness (QED) is 0.152. The average molecular weight is 722 g/mol. The molecule has 4 rings (SSSR count). The number of nitrogens with zero attached hydrogens (tertiary/aromatic N) is 2. The third-order valence-electron chi connectivity index (χ3n) is 7.47. The van der Waals surface area contributed by atoms with Crippen LogP contribution >= 0.6 is 46.4 Å². The molecule has 0 saturated carbocycles. The zero-order valence-electron chi connectivity index (χ0n) is 25.2. The molecule has 0 radical (unpaired) electrons. The second-order valence-electron chi connectivity index (χ2n) is 10.6. The van der Waals surface area contributed by atoms with E-state index in [4.69, 9.17) is 46.4 Å². The molecule has 0 aliphatic heterocycles. The number of anilines is 1. The van der Waals surface area contributed by atoms with E-state index in [1.165, 1.54) is 29.2 Å². The number of halogens is 4. The lowest BCUT2D eigenvalue weighted by Crippen LogP contribution is -2.54. The van der Waals surface area contributed by atoms with E-state index < -0.39 is 34.4 Å². The van der Waals surface area contributed by atoms with Crippen LogP contribution < -0.4 is 9.62 Å². The predicted octanol–water partition coefficient (Wildman–Crippen LogP) is 8.05. The number of hydrogen-bond donors (Lipinski definition) is 1. The molecule has 0 aliphatic carbocycles. The van der Waals surface area contributed by atoms with Gasteiger partial charge in [-0.1, -0.05) is 114 Å². The van der Waals surface area contributed by atoms with E-state index in [-0.39, 0.29) is 49.7 Å². The normalized spacial score (nSPS) is 12.7. The summed E-state index contributed by atoms with van der Waals surface area (Å²) in [5.74, 6) is -1.10. The molecule has 0 aliphatic rings. The molecule has 0 fully saturated rings. The van der Waals surface area contributed by atoms with Crippen LogP contribution in [0.2, 0.25) is 20.1 Å². The summed E-state index contributed by atoms with van der Waals surface area (Å²) in [6.07, 6.45) is 0.796. The summed E-state index contributed by atoms with van der Waals surface area (Å²) in [5.41, 5.74) is 1.21. The van der Waals surface area contributed by atoms with Crippen molar-refractivity contribution >= 4 is 73.9 Å². The van der Waals surface area contributed by atoms with Crippen LogP contribution in [0.5, 0.6) is 0 Å². The van der Waals surface area contributed by atoms with Crippen molar-refractivity contribution in [2.45, 2.75) is 50.2 Å². The van der Waals surface area contributed by atoms with Gasteiger partial charge in [0, 0.05) is 34.6 Å². The summed E-state index contributed by atoms with van der Waals surface area (Å²) >= 11 is 26.0. The second-order valence-corrected chi connectivity index (χ2v) is 14.1. The summed E-state index contributed by atoms with van der Waals surface area (Å²) in [7, 11) is -4.35. The van der Waals surface area contributed by atoms with Gasteiger partial charge in [-0.3, -0.25) is 13.9 Å². The maximum Gasteiger partial charge on any atom is 0.264 e. The number of benzene rings is 4. The molecule has 0 heterocycles. The summed E-state index contributed by atoms with van der Waals surface area (Å²) in [4.78, 5) is 29.8. The van der Waals surface area contributed by atoms with Crippen molar-refractivity contribution in [3.8, 4) is 0 Å². The predicted molar refractivity (Wildman–Crippen MR) is 186 cm³/mol. The molecule has 12 heteroatoms. The van der Waals surface area contributed by atoms with E-state index in [1.54, 1.807) is 42.5 Å². The first kappa shape index (κ1) is 35.6. The summed E-state index contributed by atoms with van der Waals surface area (Å²) in [5, 5.41) is 3.63. The van der Waals surface area contributed by atoms with Crippen molar-refractivity contribution in [1.82, 2.24) is 10.2 Å². The van der Waals surface area contributed by atoms with Crippen LogP contribution in [0.15, 0.2) is 102 Å². The fraction of sp³-hybridized carbons (Fsp3) is 0.235. The zero-order chi connectivity index (χ0) is 33.4. The van der Waals surface area contributed by atoms with Crippen LogP contribution in [0.1, 0.15) is 31.4 Å². The van der Waals surface area contributed by atoms with E-state index in [0.717, 1.165) is 9.87 Å². The third kappa shape index (κ3) is 8.55. The highest BCUT2D eigenvalue weighted by Gasteiger charge is 2.36. The van der Waals surface area contributed by atoms with Crippen LogP contribution in [0, 0.1) is 0 Å². The smallest absolute Gasteiger partial charge is 0.264 e. The largest absolute Gasteiger partial charge is 0.352 e. The summed E-state index contributed by atoms with van der Waals surface area (Å²) < 4.78 is 29.2. The zero-order valence-corrected chi connectivity index (χ0v) is 29.0. The molecule has 0 bridgehead atoms. The van der Waals surface area contributed by atoms with Crippen molar-refractivity contribution in [1.29, 1.82) is 0 Å². The molecule has 2 amide bonds. The van der Waals surface area contributed by atoms with Crippen LogP contribution in [0.3, 0.4) is 0 Å². The van der Waals surface area contributed by atoms with E-state index in [1.807, 2.05) is 44.2 Å². The van der Waals surface area contributed by atoms with Crippen molar-refractivity contribution in [3.05, 3.63) is 128 Å². The number of nitrogens with one attached hydrogen (secondary N) is 1. The summed E-state index contributed by atoms with van der Waals surface area (Å²) in [6.45, 7) is 2.92. The van der Waals surface area contributed by atoms with Gasteiger partial charge in [-0.2, -0.15) is 0 Å². The molecule has 242 valence electrons. The molecule has 4 aromatic carbocycles. The van der Waals surface area contributed by atoms with Crippen LogP contribution in [0.25, 0.3) is 0 Å². The van der Waals surface area contributed by atoms with Gasteiger partial charge in [0.1, 0.15) is 12.6 Å². The van der Waals surface area contributed by atoms with Gasteiger partial charge in [-0.15, -0.1) is 0 Å². The number of sulfonamides is 1. The Bertz CT molecular complexity index is 1760. The first-order chi connectivity index (χ1) is 21.9. The van der Waals surface area contributed by atoms with Crippen molar-refractivity contribution < 1.29 is 18.0 Å². The molecular formula is C34H33Cl4N3O4S. The fourth-order valence-corrected chi connectivity index (χ4v) is 7.18. The van der Waals surface area contributed by atoms with Gasteiger partial charge in [-0.05, 0) is 55.3 Å². The highest BCUT2D eigenvalue weighted by Crippen LogP contribution is 2.36. The molecule has 4 aromatic rings. The van der Waals surface area contributed by atoms with Crippen molar-refractivity contribution in [2.75, 3.05) is 10.8 Å². The molecule has 7 nitrogen and oxygen atoms in total. The maximum atomic E-state index is 14.6. The number of hydrogen-bond acceptors (Lipinski definition) is 4. The fourth-order valence-electron chi connectivity index (χ4n) is 4.77. The Morgan fingerprint density at radius 3 is 1.96 bits per heavy atom. The van der Waals surface area contributed by atoms with Crippen molar-refractivity contribution in [3.63, 3.8) is 0 Å². The van der Waals surface area contributed by atoms with E-state index >= 15 is 0 Å². The highest BCUT2D eigenvalue weighted by molar-refractivity contribution is 7.92. The Kier molecular flexibility index (Phi) is 12.4. The standard InChI is InChI=1S/C34H33Cl4N3O4S/c1-3-23(2)39-34(43)31(20-24-12-6-4-7-13-24)40(21-26-27(35)16-10-17-28(26)36)32(42)22-41(30-19-11-18-29(37)33(30)38)46(44,45)25-14-8-5-9-15-25/h4-19,23,31H,3,20-22H2,1-2H3,(H,39,43)/t23-,31-/m1/s1. The van der Waals surface area contributed by atoms with Gasteiger partial charge in [0.05, 0.1) is 20.6 Å². The first-order valence-corrected chi connectivity index (χ1v) is 17.5. The molecule has 0 aromatic heterocycles. The van der Waals surface area contributed by atoms with Crippen LogP contribution in [0.4, 0.5) is 5.69 Å². The van der Waals surface area contributed by atoms with E-state index in [2.05, 4.69) is 5.32 Å². The lowest BCUT2D eigenvalue weighted by atomic mass is 10.0. The van der Waals surface area contributed by atoms with Gasteiger partial charge in [0.2, 0.25) is 11.8 Å². The summed E-state index contributed by atoms with van der Waals surface area (Å²) in [6, 6.07) is 25.1. The average Bonchev–Trinajstić information content (AvgIpc) is 3.04. The van der Waals surface area contributed by atoms with E-state index in [9.17, 15) is 18.0 Å². The van der Waals surface area contributed by atoms with Crippen molar-refractivity contribution in [2.24, 2.45) is 0 Å². The molecular weight excluding hydrogens is 688 g/mol. The molecule has 0 spiro atoms. The molecule has 46 heavy (non-hydrogen) atoms. The topological polar surface area (TPSA) is 86.8 Å². The minimum Gasteiger partial charge on any atom is -0.352 e. The molecule has 2 atom stereocenters. The van der Waals surface area contributed by atoms with Gasteiger partial charge in [-0.25, -0.2) is 8.42 Å². The lowest BCUT2D eigenvalue weighted by Gasteiger charge is -2.35. The molecule has 0 unspecified atom stereocenters. The van der Waals surface area contributed by atoms with E-state index in [0.29, 0.717) is 12.0 Å². The Morgan fingerprint density at radius 2 is 1.35 bits per heavy atom. The van der Waals surface area contributed by atoms with Gasteiger partial charge in [0.25, 0.3) is 10.0 Å². The minimum absolute atomic E-state index is 0.00533. The number of carbonyl (C=O) groups is 2.